The van der Waals surface area contributed by atoms with Crippen molar-refractivity contribution in [2.75, 3.05) is 14.1 Å². The first-order valence-corrected chi connectivity index (χ1v) is 6.46. The quantitative estimate of drug-likeness (QED) is 0.909. The summed E-state index contributed by atoms with van der Waals surface area (Å²) in [5.41, 5.74) is 1.17. The van der Waals surface area contributed by atoms with E-state index in [1.807, 2.05) is 0 Å². The van der Waals surface area contributed by atoms with Crippen LogP contribution in [0.25, 0.3) is 0 Å². The molecule has 0 radical (unpaired) electrons. The molecule has 2 amide bonds. The Balaban J connectivity index is 2.01. The number of furan rings is 1. The average Bonchev–Trinajstić information content (AvgIpc) is 3.02. The molecule has 2 heterocycles. The zero-order valence-electron chi connectivity index (χ0n) is 12.5. The van der Waals surface area contributed by atoms with Crippen LogP contribution < -0.4 is 5.32 Å². The van der Waals surface area contributed by atoms with E-state index in [0.29, 0.717) is 17.1 Å². The van der Waals surface area contributed by atoms with Crippen molar-refractivity contribution < 1.29 is 14.0 Å². The Morgan fingerprint density at radius 1 is 1.38 bits per heavy atom. The van der Waals surface area contributed by atoms with Crippen LogP contribution in [0.15, 0.2) is 22.9 Å². The number of carbonyl (C=O) groups is 2. The molecule has 0 aromatic carbocycles. The van der Waals surface area contributed by atoms with Crippen LogP contribution in [0.4, 0.5) is 0 Å². The number of hydrogen-bond acceptors (Lipinski definition) is 4. The number of aryl methyl sites for hydroxylation is 2. The second-order valence-electron chi connectivity index (χ2n) is 4.94. The number of carbonyl (C=O) groups excluding carboxylic acids is 2. The Labute approximate surface area is 122 Å². The predicted molar refractivity (Wildman–Crippen MR) is 75.8 cm³/mol. The molecular formula is C14H18N4O3. The van der Waals surface area contributed by atoms with Crippen molar-refractivity contribution in [2.45, 2.75) is 13.5 Å². The number of nitrogens with one attached hydrogen (secondary N) is 1. The molecule has 0 bridgehead atoms. The van der Waals surface area contributed by atoms with Crippen molar-refractivity contribution in [1.29, 1.82) is 0 Å². The zero-order valence-corrected chi connectivity index (χ0v) is 12.5. The van der Waals surface area contributed by atoms with E-state index in [0.717, 1.165) is 0 Å². The maximum absolute atomic E-state index is 12.1. The lowest BCUT2D eigenvalue weighted by molar-refractivity contribution is 0.0794. The molecule has 7 nitrogen and oxygen atoms in total. The smallest absolute Gasteiger partial charge is 0.289 e. The van der Waals surface area contributed by atoms with E-state index in [1.165, 1.54) is 4.90 Å². The van der Waals surface area contributed by atoms with Crippen molar-refractivity contribution >= 4 is 11.8 Å². The summed E-state index contributed by atoms with van der Waals surface area (Å²) in [6.45, 7) is 1.99. The maximum Gasteiger partial charge on any atom is 0.289 e. The highest BCUT2D eigenvalue weighted by Crippen LogP contribution is 2.10. The molecule has 21 heavy (non-hydrogen) atoms. The number of amides is 2. The topological polar surface area (TPSA) is 80.4 Å². The lowest BCUT2D eigenvalue weighted by atomic mass is 10.3. The number of aromatic nitrogens is 2. The van der Waals surface area contributed by atoms with Crippen LogP contribution in [0.3, 0.4) is 0 Å². The normalized spacial score (nSPS) is 10.5. The fraction of sp³-hybridized carbons (Fsp3) is 0.357. The molecule has 0 aliphatic carbocycles. The minimum absolute atomic E-state index is 0.212. The second kappa shape index (κ2) is 5.82. The summed E-state index contributed by atoms with van der Waals surface area (Å²) in [6.07, 6.45) is 1.59. The first-order chi connectivity index (χ1) is 9.90. The van der Waals surface area contributed by atoms with Gasteiger partial charge in [-0.1, -0.05) is 0 Å². The van der Waals surface area contributed by atoms with E-state index in [4.69, 9.17) is 4.42 Å². The highest BCUT2D eigenvalue weighted by molar-refractivity contribution is 5.93. The van der Waals surface area contributed by atoms with Gasteiger partial charge in [-0.2, -0.15) is 0 Å². The van der Waals surface area contributed by atoms with Gasteiger partial charge >= 0.3 is 0 Å². The maximum atomic E-state index is 12.1. The summed E-state index contributed by atoms with van der Waals surface area (Å²) in [7, 11) is 5.06. The first kappa shape index (κ1) is 14.8. The van der Waals surface area contributed by atoms with Gasteiger partial charge in [0, 0.05) is 21.1 Å². The van der Waals surface area contributed by atoms with Gasteiger partial charge in [-0.3, -0.25) is 9.59 Å². The number of rotatable bonds is 4. The van der Waals surface area contributed by atoms with Gasteiger partial charge in [0.1, 0.15) is 11.5 Å². The zero-order chi connectivity index (χ0) is 15.6. The van der Waals surface area contributed by atoms with Crippen molar-refractivity contribution in [1.82, 2.24) is 19.8 Å². The Morgan fingerprint density at radius 2 is 2.10 bits per heavy atom. The Hall–Kier alpha value is -2.57. The SMILES string of the molecule is Cc1ncn(C)c1C(=O)NCc1ccc(C(=O)N(C)C)o1. The van der Waals surface area contributed by atoms with Gasteiger partial charge in [-0.15, -0.1) is 0 Å². The van der Waals surface area contributed by atoms with Crippen LogP contribution in [-0.2, 0) is 13.6 Å². The Kier molecular flexibility index (Phi) is 4.11. The highest BCUT2D eigenvalue weighted by Gasteiger charge is 2.16. The van der Waals surface area contributed by atoms with E-state index in [2.05, 4.69) is 10.3 Å². The van der Waals surface area contributed by atoms with Crippen LogP contribution >= 0.6 is 0 Å². The minimum Gasteiger partial charge on any atom is -0.454 e. The lowest BCUT2D eigenvalue weighted by Gasteiger charge is -2.07. The van der Waals surface area contributed by atoms with Crippen molar-refractivity contribution in [3.05, 3.63) is 41.4 Å². The van der Waals surface area contributed by atoms with Crippen LogP contribution in [0.5, 0.6) is 0 Å². The van der Waals surface area contributed by atoms with E-state index in [9.17, 15) is 9.59 Å². The number of imidazole rings is 1. The highest BCUT2D eigenvalue weighted by atomic mass is 16.4. The van der Waals surface area contributed by atoms with Gasteiger partial charge in [-0.25, -0.2) is 4.98 Å². The van der Waals surface area contributed by atoms with Gasteiger partial charge in [0.2, 0.25) is 0 Å². The fourth-order valence-corrected chi connectivity index (χ4v) is 1.93. The molecule has 0 spiro atoms. The van der Waals surface area contributed by atoms with Crippen molar-refractivity contribution in [2.24, 2.45) is 7.05 Å². The number of nitrogens with zero attached hydrogens (tertiary/aromatic N) is 3. The monoisotopic (exact) mass is 290 g/mol. The van der Waals surface area contributed by atoms with Crippen molar-refractivity contribution in [3.63, 3.8) is 0 Å². The summed E-state index contributed by atoms with van der Waals surface area (Å²) in [4.78, 5) is 29.3. The van der Waals surface area contributed by atoms with Gasteiger partial charge in [0.05, 0.1) is 18.6 Å². The molecule has 0 aliphatic rings. The second-order valence-corrected chi connectivity index (χ2v) is 4.94. The molecule has 2 aromatic rings. The summed E-state index contributed by atoms with van der Waals surface area (Å²) < 4.78 is 7.07. The standard InChI is InChI=1S/C14H18N4O3/c1-9-12(18(4)8-16-9)13(19)15-7-10-5-6-11(21-10)14(20)17(2)3/h5-6,8H,7H2,1-4H3,(H,15,19). The molecule has 0 fully saturated rings. The van der Waals surface area contributed by atoms with E-state index in [-0.39, 0.29) is 24.1 Å². The van der Waals surface area contributed by atoms with Crippen molar-refractivity contribution in [3.8, 4) is 0 Å². The molecule has 112 valence electrons. The van der Waals surface area contributed by atoms with E-state index < -0.39 is 0 Å². The summed E-state index contributed by atoms with van der Waals surface area (Å²) in [6, 6.07) is 3.27. The Morgan fingerprint density at radius 3 is 2.67 bits per heavy atom. The summed E-state index contributed by atoms with van der Waals surface area (Å²) in [5.74, 6) is 0.328. The van der Waals surface area contributed by atoms with E-state index >= 15 is 0 Å². The largest absolute Gasteiger partial charge is 0.454 e. The third kappa shape index (κ3) is 3.13. The molecule has 2 aromatic heterocycles. The molecule has 0 atom stereocenters. The predicted octanol–water partition coefficient (Wildman–Crippen LogP) is 0.953. The molecular weight excluding hydrogens is 272 g/mol. The molecule has 7 heteroatoms. The van der Waals surface area contributed by atoms with Crippen LogP contribution in [0.1, 0.15) is 32.5 Å². The van der Waals surface area contributed by atoms with E-state index in [1.54, 1.807) is 51.1 Å². The lowest BCUT2D eigenvalue weighted by Crippen LogP contribution is -2.25. The molecule has 1 N–H and O–H groups in total. The fourth-order valence-electron chi connectivity index (χ4n) is 1.93. The summed E-state index contributed by atoms with van der Waals surface area (Å²) >= 11 is 0. The molecule has 0 saturated carbocycles. The third-order valence-electron chi connectivity index (χ3n) is 3.04. The van der Waals surface area contributed by atoms with Crippen LogP contribution in [0, 0.1) is 6.92 Å². The number of hydrogen-bond donors (Lipinski definition) is 1. The molecule has 0 aliphatic heterocycles. The van der Waals surface area contributed by atoms with Gasteiger partial charge in [-0.05, 0) is 19.1 Å². The molecule has 0 unspecified atom stereocenters. The van der Waals surface area contributed by atoms with Crippen LogP contribution in [-0.4, -0.2) is 40.4 Å². The summed E-state index contributed by atoms with van der Waals surface area (Å²) in [5, 5.41) is 2.75. The Bertz CT molecular complexity index is 650. The minimum atomic E-state index is -0.232. The molecule has 2 rings (SSSR count). The third-order valence-corrected chi connectivity index (χ3v) is 3.04. The molecule has 0 saturated heterocycles. The van der Waals surface area contributed by atoms with Gasteiger partial charge in [0.25, 0.3) is 11.8 Å². The average molecular weight is 290 g/mol. The van der Waals surface area contributed by atoms with Crippen LogP contribution in [0.2, 0.25) is 0 Å². The van der Waals surface area contributed by atoms with Gasteiger partial charge in [0.15, 0.2) is 5.76 Å². The first-order valence-electron chi connectivity index (χ1n) is 6.46. The van der Waals surface area contributed by atoms with Gasteiger partial charge < -0.3 is 19.2 Å².